The molecular formula is C24H25F5O. The third-order valence-corrected chi connectivity index (χ3v) is 5.64. The Labute approximate surface area is 173 Å². The van der Waals surface area contributed by atoms with Gasteiger partial charge in [0.1, 0.15) is 5.75 Å². The van der Waals surface area contributed by atoms with Gasteiger partial charge in [-0.1, -0.05) is 31.2 Å². The molecule has 30 heavy (non-hydrogen) atoms. The molecule has 0 amide bonds. The first kappa shape index (κ1) is 22.3. The molecule has 0 atom stereocenters. The molecule has 162 valence electrons. The molecule has 2 aromatic carbocycles. The fourth-order valence-electron chi connectivity index (χ4n) is 3.93. The van der Waals surface area contributed by atoms with E-state index in [2.05, 4.69) is 23.8 Å². The fourth-order valence-corrected chi connectivity index (χ4v) is 3.93. The third-order valence-electron chi connectivity index (χ3n) is 5.64. The highest BCUT2D eigenvalue weighted by molar-refractivity contribution is 5.30. The van der Waals surface area contributed by atoms with Crippen LogP contribution in [0, 0.1) is 23.4 Å². The molecule has 0 aliphatic heterocycles. The Balaban J connectivity index is 1.63. The largest absolute Gasteiger partial charge is 0.429 e. The van der Waals surface area contributed by atoms with Gasteiger partial charge in [-0.2, -0.15) is 8.78 Å². The lowest BCUT2D eigenvalue weighted by Gasteiger charge is -2.28. The maximum atomic E-state index is 14.4. The van der Waals surface area contributed by atoms with Gasteiger partial charge in [0.15, 0.2) is 17.5 Å². The van der Waals surface area contributed by atoms with Crippen molar-refractivity contribution in [3.63, 3.8) is 0 Å². The SMILES string of the molecule is CC/C=C\C[C@H]1CC[C@H](c2ccc(C(F)(F)Oc3cc(F)c(F)c(F)c3)cc2)CC1. The first-order valence-corrected chi connectivity index (χ1v) is 10.3. The number of hydrogen-bond donors (Lipinski definition) is 0. The Morgan fingerprint density at radius 1 is 0.933 bits per heavy atom. The van der Waals surface area contributed by atoms with Gasteiger partial charge in [0, 0.05) is 12.1 Å². The van der Waals surface area contributed by atoms with E-state index in [1.165, 1.54) is 12.1 Å². The number of alkyl halides is 2. The van der Waals surface area contributed by atoms with Crippen molar-refractivity contribution in [1.82, 2.24) is 0 Å². The summed E-state index contributed by atoms with van der Waals surface area (Å²) < 4.78 is 72.8. The first-order chi connectivity index (χ1) is 14.3. The van der Waals surface area contributed by atoms with Crippen molar-refractivity contribution < 1.29 is 26.7 Å². The van der Waals surface area contributed by atoms with Crippen LogP contribution in [0.15, 0.2) is 48.6 Å². The summed E-state index contributed by atoms with van der Waals surface area (Å²) in [7, 11) is 0. The zero-order valence-electron chi connectivity index (χ0n) is 16.8. The lowest BCUT2D eigenvalue weighted by molar-refractivity contribution is -0.185. The molecule has 1 nitrogen and oxygen atoms in total. The monoisotopic (exact) mass is 424 g/mol. The molecule has 0 heterocycles. The highest BCUT2D eigenvalue weighted by Gasteiger charge is 2.35. The highest BCUT2D eigenvalue weighted by atomic mass is 19.3. The van der Waals surface area contributed by atoms with Crippen molar-refractivity contribution in [1.29, 1.82) is 0 Å². The number of benzene rings is 2. The van der Waals surface area contributed by atoms with Gasteiger partial charge in [0.2, 0.25) is 0 Å². The Morgan fingerprint density at radius 2 is 1.53 bits per heavy atom. The normalized spacial score (nSPS) is 19.9. The average Bonchev–Trinajstić information content (AvgIpc) is 2.72. The van der Waals surface area contributed by atoms with Crippen LogP contribution in [0.1, 0.15) is 62.5 Å². The number of rotatable bonds is 7. The third kappa shape index (κ3) is 5.41. The molecule has 0 spiro atoms. The van der Waals surface area contributed by atoms with E-state index >= 15 is 0 Å². The van der Waals surface area contributed by atoms with Crippen LogP contribution in [0.4, 0.5) is 22.0 Å². The van der Waals surface area contributed by atoms with E-state index in [4.69, 9.17) is 0 Å². The fraction of sp³-hybridized carbons (Fsp3) is 0.417. The topological polar surface area (TPSA) is 9.23 Å². The minimum Gasteiger partial charge on any atom is -0.429 e. The quantitative estimate of drug-likeness (QED) is 0.250. The smallest absolute Gasteiger partial charge is 0.426 e. The van der Waals surface area contributed by atoms with E-state index < -0.39 is 34.9 Å². The summed E-state index contributed by atoms with van der Waals surface area (Å²) in [5.74, 6) is -4.67. The molecule has 0 N–H and O–H groups in total. The van der Waals surface area contributed by atoms with Gasteiger partial charge < -0.3 is 4.74 Å². The second kappa shape index (κ2) is 9.63. The van der Waals surface area contributed by atoms with Gasteiger partial charge >= 0.3 is 6.11 Å². The standard InChI is InChI=1S/C24H25F5O/c1-2-3-4-5-16-6-8-17(9-7-16)18-10-12-19(13-11-18)24(28,29)30-20-14-21(25)23(27)22(26)15-20/h3-4,10-17H,2,5-9H2,1H3/b4-3-/t16-,17-. The molecule has 1 fully saturated rings. The molecular weight excluding hydrogens is 399 g/mol. The minimum atomic E-state index is -3.81. The molecule has 1 aliphatic rings. The molecule has 1 aliphatic carbocycles. The summed E-state index contributed by atoms with van der Waals surface area (Å²) in [6.45, 7) is 2.11. The summed E-state index contributed by atoms with van der Waals surface area (Å²) in [5, 5.41) is 0. The van der Waals surface area contributed by atoms with Crippen LogP contribution in [0.5, 0.6) is 5.75 Å². The lowest BCUT2D eigenvalue weighted by Crippen LogP contribution is -2.22. The number of ether oxygens (including phenoxy) is 1. The zero-order chi connectivity index (χ0) is 21.7. The van der Waals surface area contributed by atoms with Crippen LogP contribution in [-0.4, -0.2) is 0 Å². The number of halogens is 5. The van der Waals surface area contributed by atoms with Gasteiger partial charge in [0.05, 0.1) is 5.56 Å². The van der Waals surface area contributed by atoms with E-state index in [0.717, 1.165) is 44.1 Å². The van der Waals surface area contributed by atoms with Crippen molar-refractivity contribution in [3.05, 3.63) is 77.1 Å². The minimum absolute atomic E-state index is 0.334. The second-order valence-electron chi connectivity index (χ2n) is 7.77. The van der Waals surface area contributed by atoms with Crippen LogP contribution < -0.4 is 4.74 Å². The van der Waals surface area contributed by atoms with E-state index in [-0.39, 0.29) is 0 Å². The number of hydrogen-bond acceptors (Lipinski definition) is 1. The maximum Gasteiger partial charge on any atom is 0.426 e. The second-order valence-corrected chi connectivity index (χ2v) is 7.77. The van der Waals surface area contributed by atoms with Gasteiger partial charge in [-0.25, -0.2) is 13.2 Å². The zero-order valence-corrected chi connectivity index (χ0v) is 16.8. The molecule has 0 radical (unpaired) electrons. The van der Waals surface area contributed by atoms with E-state index in [1.807, 2.05) is 0 Å². The van der Waals surface area contributed by atoms with Crippen LogP contribution in [-0.2, 0) is 6.11 Å². The molecule has 2 aromatic rings. The summed E-state index contributed by atoms with van der Waals surface area (Å²) >= 11 is 0. The lowest BCUT2D eigenvalue weighted by atomic mass is 9.77. The average molecular weight is 424 g/mol. The van der Waals surface area contributed by atoms with Crippen LogP contribution in [0.3, 0.4) is 0 Å². The molecule has 3 rings (SSSR count). The van der Waals surface area contributed by atoms with Gasteiger partial charge in [-0.05, 0) is 68.1 Å². The van der Waals surface area contributed by atoms with Crippen molar-refractivity contribution in [2.45, 2.75) is 57.5 Å². The molecule has 0 saturated heterocycles. The molecule has 0 aromatic heterocycles. The Bertz CT molecular complexity index is 845. The number of allylic oxidation sites excluding steroid dienone is 2. The molecule has 0 bridgehead atoms. The Hall–Kier alpha value is -2.37. The predicted molar refractivity (Wildman–Crippen MR) is 106 cm³/mol. The van der Waals surface area contributed by atoms with E-state index in [9.17, 15) is 22.0 Å². The summed E-state index contributed by atoms with van der Waals surface area (Å²) in [6.07, 6.45) is 7.01. The van der Waals surface area contributed by atoms with Crippen molar-refractivity contribution in [3.8, 4) is 5.75 Å². The van der Waals surface area contributed by atoms with Crippen LogP contribution >= 0.6 is 0 Å². The molecule has 0 unspecified atom stereocenters. The van der Waals surface area contributed by atoms with Gasteiger partial charge in [0.25, 0.3) is 0 Å². The van der Waals surface area contributed by atoms with Crippen molar-refractivity contribution in [2.24, 2.45) is 5.92 Å². The van der Waals surface area contributed by atoms with Gasteiger partial charge in [-0.15, -0.1) is 0 Å². The van der Waals surface area contributed by atoms with Gasteiger partial charge in [-0.3, -0.25) is 0 Å². The van der Waals surface area contributed by atoms with Crippen molar-refractivity contribution in [2.75, 3.05) is 0 Å². The highest BCUT2D eigenvalue weighted by Crippen LogP contribution is 2.39. The summed E-state index contributed by atoms with van der Waals surface area (Å²) in [6, 6.07) is 6.63. The summed E-state index contributed by atoms with van der Waals surface area (Å²) in [5.41, 5.74) is 0.561. The van der Waals surface area contributed by atoms with E-state index in [0.29, 0.717) is 24.0 Å². The van der Waals surface area contributed by atoms with Crippen LogP contribution in [0.2, 0.25) is 0 Å². The predicted octanol–water partition coefficient (Wildman–Crippen LogP) is 7.86. The van der Waals surface area contributed by atoms with Crippen LogP contribution in [0.25, 0.3) is 0 Å². The summed E-state index contributed by atoms with van der Waals surface area (Å²) in [4.78, 5) is 0. The van der Waals surface area contributed by atoms with E-state index in [1.54, 1.807) is 12.1 Å². The molecule has 1 saturated carbocycles. The Morgan fingerprint density at radius 3 is 2.10 bits per heavy atom. The first-order valence-electron chi connectivity index (χ1n) is 10.3. The Kier molecular flexibility index (Phi) is 7.16. The maximum absolute atomic E-state index is 14.4. The molecule has 6 heteroatoms. The van der Waals surface area contributed by atoms with Crippen molar-refractivity contribution >= 4 is 0 Å².